The van der Waals surface area contributed by atoms with Gasteiger partial charge in [-0.2, -0.15) is 13.2 Å². The van der Waals surface area contributed by atoms with E-state index in [4.69, 9.17) is 4.74 Å². The third-order valence-electron chi connectivity index (χ3n) is 2.62. The zero-order valence-corrected chi connectivity index (χ0v) is 11.5. The highest BCUT2D eigenvalue weighted by Gasteiger charge is 2.42. The highest BCUT2D eigenvalue weighted by Crippen LogP contribution is 2.33. The van der Waals surface area contributed by atoms with Gasteiger partial charge < -0.3 is 9.29 Å². The third-order valence-corrected chi connectivity index (χ3v) is 3.98. The lowest BCUT2D eigenvalue weighted by Crippen LogP contribution is -2.36. The molecule has 1 heterocycles. The molecule has 1 aliphatic heterocycles. The van der Waals surface area contributed by atoms with Crippen LogP contribution in [0.4, 0.5) is 13.2 Å². The summed E-state index contributed by atoms with van der Waals surface area (Å²) in [5.41, 5.74) is 0. The molecule has 1 aliphatic rings. The second-order valence-electron chi connectivity index (χ2n) is 5.30. The van der Waals surface area contributed by atoms with Gasteiger partial charge in [-0.3, -0.25) is 0 Å². The third kappa shape index (κ3) is 4.78. The predicted molar refractivity (Wildman–Crippen MR) is 64.9 cm³/mol. The minimum atomic E-state index is -4.20. The highest BCUT2D eigenvalue weighted by atomic mass is 32.2. The van der Waals surface area contributed by atoms with Crippen LogP contribution in [0.3, 0.4) is 0 Å². The van der Waals surface area contributed by atoms with Crippen molar-refractivity contribution in [2.24, 2.45) is 10.3 Å². The molecular weight excluding hydrogens is 267 g/mol. The summed E-state index contributed by atoms with van der Waals surface area (Å²) in [6, 6.07) is 0. The molecule has 3 atom stereocenters. The lowest BCUT2D eigenvalue weighted by molar-refractivity contribution is -0.202. The fourth-order valence-corrected chi connectivity index (χ4v) is 1.99. The number of alkyl halides is 3. The number of ether oxygens (including phenoxy) is 1. The molecule has 0 aromatic heterocycles. The summed E-state index contributed by atoms with van der Waals surface area (Å²) in [7, 11) is 0. The molecule has 1 fully saturated rings. The zero-order valence-electron chi connectivity index (χ0n) is 10.7. The summed E-state index contributed by atoms with van der Waals surface area (Å²) in [6.45, 7) is 4.99. The number of hydrogen-bond donors (Lipinski definition) is 0. The second-order valence-corrected chi connectivity index (χ2v) is 7.24. The number of hydrogen-bond acceptors (Lipinski definition) is 3. The van der Waals surface area contributed by atoms with E-state index in [9.17, 15) is 17.7 Å². The van der Waals surface area contributed by atoms with Crippen molar-refractivity contribution in [1.82, 2.24) is 0 Å². The van der Waals surface area contributed by atoms with E-state index in [2.05, 4.69) is 4.40 Å². The topological polar surface area (TPSA) is 44.7 Å². The Hall–Kier alpha value is -0.270. The van der Waals surface area contributed by atoms with Gasteiger partial charge in [-0.1, -0.05) is 4.40 Å². The molecule has 1 unspecified atom stereocenters. The van der Waals surface area contributed by atoms with Crippen molar-refractivity contribution in [3.05, 3.63) is 0 Å². The molecule has 0 radical (unpaired) electrons. The van der Waals surface area contributed by atoms with E-state index >= 15 is 0 Å². The van der Waals surface area contributed by atoms with Gasteiger partial charge in [0, 0.05) is 0 Å². The Morgan fingerprint density at radius 1 is 1.28 bits per heavy atom. The first-order valence-electron chi connectivity index (χ1n) is 5.75. The molecule has 106 valence electrons. The Labute approximate surface area is 108 Å². The summed E-state index contributed by atoms with van der Waals surface area (Å²) < 4.78 is 57.2. The van der Waals surface area contributed by atoms with Crippen molar-refractivity contribution in [1.29, 1.82) is 0 Å². The quantitative estimate of drug-likeness (QED) is 0.578. The van der Waals surface area contributed by atoms with Crippen LogP contribution in [0.2, 0.25) is 0 Å². The van der Waals surface area contributed by atoms with Crippen LogP contribution in [0.15, 0.2) is 4.40 Å². The normalized spacial score (nSPS) is 28.6. The highest BCUT2D eigenvalue weighted by molar-refractivity contribution is 7.91. The fourth-order valence-electron chi connectivity index (χ4n) is 1.43. The van der Waals surface area contributed by atoms with Crippen molar-refractivity contribution < 1.29 is 22.5 Å². The van der Waals surface area contributed by atoms with E-state index in [1.807, 2.05) is 0 Å². The Morgan fingerprint density at radius 3 is 2.28 bits per heavy atom. The maximum Gasteiger partial charge on any atom is 0.394 e. The molecule has 3 nitrogen and oxygen atoms in total. The van der Waals surface area contributed by atoms with Crippen LogP contribution in [0, 0.1) is 5.92 Å². The molecule has 0 amide bonds. The van der Waals surface area contributed by atoms with Crippen molar-refractivity contribution in [2.75, 3.05) is 6.61 Å². The maximum atomic E-state index is 12.4. The molecule has 0 spiro atoms. The smallest absolute Gasteiger partial charge is 0.394 e. The monoisotopic (exact) mass is 285 g/mol. The number of halogens is 3. The molecular formula is C11H18F3NO2S. The van der Waals surface area contributed by atoms with E-state index < -0.39 is 34.3 Å². The molecule has 7 heteroatoms. The Balaban J connectivity index is 2.43. The summed E-state index contributed by atoms with van der Waals surface area (Å²) in [4.78, 5) is 0. The molecule has 0 saturated carbocycles. The second kappa shape index (κ2) is 5.79. The van der Waals surface area contributed by atoms with Gasteiger partial charge in [0.25, 0.3) is 0 Å². The van der Waals surface area contributed by atoms with Crippen LogP contribution in [0.5, 0.6) is 0 Å². The van der Waals surface area contributed by atoms with Crippen molar-refractivity contribution in [2.45, 2.75) is 50.6 Å². The number of nitrogens with zero attached hydrogens (tertiary/aromatic N) is 1. The van der Waals surface area contributed by atoms with Crippen LogP contribution >= 0.6 is 0 Å². The lowest BCUT2D eigenvalue weighted by atomic mass is 9.98. The fraction of sp³-hybridized carbons (Fsp3) is 0.909. The van der Waals surface area contributed by atoms with E-state index in [1.54, 1.807) is 20.8 Å². The van der Waals surface area contributed by atoms with Gasteiger partial charge in [0.05, 0.1) is 24.8 Å². The first-order chi connectivity index (χ1) is 8.10. The van der Waals surface area contributed by atoms with Gasteiger partial charge in [-0.15, -0.1) is 0 Å². The summed E-state index contributed by atoms with van der Waals surface area (Å²) >= 11 is -1.40. The van der Waals surface area contributed by atoms with E-state index in [1.165, 1.54) is 6.21 Å². The standard InChI is InChI=1S/C11H18F3NO2S/c1-10(2,3)18(16)15-6-9-5-4-8(7-17-9)11(12,13)14/h6,8-9H,4-5,7H2,1-3H3/t8-,9+,18?/m0/s1. The Bertz CT molecular complexity index is 294. The molecule has 0 aromatic rings. The molecule has 0 N–H and O–H groups in total. The Kier molecular flexibility index (Phi) is 5.08. The van der Waals surface area contributed by atoms with Gasteiger partial charge in [-0.05, 0) is 33.6 Å². The largest absolute Gasteiger partial charge is 0.591 e. The minimum Gasteiger partial charge on any atom is -0.591 e. The molecule has 0 aliphatic carbocycles. The van der Waals surface area contributed by atoms with E-state index in [0.29, 0.717) is 0 Å². The van der Waals surface area contributed by atoms with Gasteiger partial charge in [0.2, 0.25) is 0 Å². The minimum absolute atomic E-state index is 0.0301. The van der Waals surface area contributed by atoms with Crippen LogP contribution < -0.4 is 0 Å². The van der Waals surface area contributed by atoms with Gasteiger partial charge in [-0.25, -0.2) is 0 Å². The maximum absolute atomic E-state index is 12.4. The van der Waals surface area contributed by atoms with Crippen molar-refractivity contribution >= 4 is 17.6 Å². The lowest BCUT2D eigenvalue weighted by Gasteiger charge is -2.28. The van der Waals surface area contributed by atoms with Crippen LogP contribution in [-0.4, -0.2) is 34.4 Å². The predicted octanol–water partition coefficient (Wildman–Crippen LogP) is 2.88. The van der Waals surface area contributed by atoms with Crippen molar-refractivity contribution in [3.63, 3.8) is 0 Å². The van der Waals surface area contributed by atoms with E-state index in [-0.39, 0.29) is 19.4 Å². The van der Waals surface area contributed by atoms with E-state index in [0.717, 1.165) is 0 Å². The summed E-state index contributed by atoms with van der Waals surface area (Å²) in [6.07, 6.45) is -3.00. The molecule has 1 rings (SSSR count). The summed E-state index contributed by atoms with van der Waals surface area (Å²) in [5, 5.41) is 0. The average molecular weight is 285 g/mol. The molecule has 1 saturated heterocycles. The molecule has 18 heavy (non-hydrogen) atoms. The van der Waals surface area contributed by atoms with Gasteiger partial charge >= 0.3 is 6.18 Å². The first-order valence-corrected chi connectivity index (χ1v) is 6.86. The van der Waals surface area contributed by atoms with Crippen LogP contribution in [0.1, 0.15) is 33.6 Å². The first kappa shape index (κ1) is 15.8. The zero-order chi connectivity index (χ0) is 14.0. The van der Waals surface area contributed by atoms with Gasteiger partial charge in [0.1, 0.15) is 16.1 Å². The van der Waals surface area contributed by atoms with Crippen LogP contribution in [0.25, 0.3) is 0 Å². The number of rotatable bonds is 2. The molecule has 0 aromatic carbocycles. The van der Waals surface area contributed by atoms with Gasteiger partial charge in [0.15, 0.2) is 0 Å². The SMILES string of the molecule is CC(C)(C)[S+]([O-])N=C[C@H]1CC[C@H](C(F)(F)F)CO1. The van der Waals surface area contributed by atoms with Crippen molar-refractivity contribution in [3.8, 4) is 0 Å². The summed E-state index contributed by atoms with van der Waals surface area (Å²) in [5.74, 6) is -1.39. The van der Waals surface area contributed by atoms with Crippen LogP contribution in [-0.2, 0) is 16.1 Å². The average Bonchev–Trinajstić information content (AvgIpc) is 2.24. The molecule has 0 bridgehead atoms. The Morgan fingerprint density at radius 2 is 1.89 bits per heavy atom.